The Labute approximate surface area is 190 Å². The van der Waals surface area contributed by atoms with E-state index in [-0.39, 0.29) is 23.3 Å². The third kappa shape index (κ3) is 3.47. The fourth-order valence-electron chi connectivity index (χ4n) is 4.57. The average Bonchev–Trinajstić information content (AvgIpc) is 3.45. The number of carbonyl (C=O) groups excluding carboxylic acids is 1. The quantitative estimate of drug-likeness (QED) is 0.503. The molecule has 5 rings (SSSR count). The minimum absolute atomic E-state index is 0.0860. The minimum Gasteiger partial charge on any atom is -0.478 e. The zero-order valence-electron chi connectivity index (χ0n) is 16.4. The highest BCUT2D eigenvalue weighted by molar-refractivity contribution is 9.10. The van der Waals surface area contributed by atoms with Crippen molar-refractivity contribution in [2.45, 2.75) is 31.7 Å². The highest BCUT2D eigenvalue weighted by Gasteiger charge is 2.44. The molecule has 1 fully saturated rings. The second-order valence-corrected chi connectivity index (χ2v) is 9.61. The molecule has 0 unspecified atom stereocenters. The number of thiophene rings is 1. The molecule has 0 saturated carbocycles. The SMILES string of the molecule is O=C(O)c1c(CCc2ccc(F)cc2)nc2c(c1-c1cc(Br)cs1)C(=O)N1CCC[C@@H]21. The molecule has 158 valence electrons. The van der Waals surface area contributed by atoms with E-state index in [0.29, 0.717) is 41.9 Å². The largest absolute Gasteiger partial charge is 0.478 e. The first-order valence-electron chi connectivity index (χ1n) is 10.0. The van der Waals surface area contributed by atoms with E-state index >= 15 is 0 Å². The molecule has 5 nitrogen and oxygen atoms in total. The molecule has 2 aliphatic rings. The molecule has 8 heteroatoms. The Bertz CT molecular complexity index is 1210. The first-order valence-corrected chi connectivity index (χ1v) is 11.7. The Kier molecular flexibility index (Phi) is 5.14. The van der Waals surface area contributed by atoms with E-state index in [1.54, 1.807) is 12.1 Å². The molecule has 3 aromatic rings. The molecule has 1 atom stereocenters. The summed E-state index contributed by atoms with van der Waals surface area (Å²) in [7, 11) is 0. The van der Waals surface area contributed by atoms with E-state index in [4.69, 9.17) is 4.98 Å². The number of carbonyl (C=O) groups is 2. The Morgan fingerprint density at radius 2 is 2.03 bits per heavy atom. The lowest BCUT2D eigenvalue weighted by Crippen LogP contribution is -2.23. The highest BCUT2D eigenvalue weighted by Crippen LogP contribution is 2.46. The number of fused-ring (bicyclic) bond motifs is 3. The van der Waals surface area contributed by atoms with Crippen molar-refractivity contribution in [2.75, 3.05) is 6.54 Å². The Balaban J connectivity index is 1.67. The van der Waals surface area contributed by atoms with Gasteiger partial charge in [0.25, 0.3) is 5.91 Å². The Morgan fingerprint density at radius 3 is 2.71 bits per heavy atom. The summed E-state index contributed by atoms with van der Waals surface area (Å²) in [5.74, 6) is -1.53. The van der Waals surface area contributed by atoms with E-state index in [0.717, 1.165) is 27.8 Å². The maximum atomic E-state index is 13.2. The highest BCUT2D eigenvalue weighted by atomic mass is 79.9. The fraction of sp³-hybridized carbons (Fsp3) is 0.261. The van der Waals surface area contributed by atoms with Crippen LogP contribution >= 0.6 is 27.3 Å². The minimum atomic E-state index is -1.09. The summed E-state index contributed by atoms with van der Waals surface area (Å²) in [5, 5.41) is 12.0. The number of amides is 1. The van der Waals surface area contributed by atoms with Crippen molar-refractivity contribution in [3.63, 3.8) is 0 Å². The summed E-state index contributed by atoms with van der Waals surface area (Å²) in [4.78, 5) is 33.0. The summed E-state index contributed by atoms with van der Waals surface area (Å²) < 4.78 is 14.1. The lowest BCUT2D eigenvalue weighted by molar-refractivity contribution is 0.0695. The fourth-order valence-corrected chi connectivity index (χ4v) is 6.05. The van der Waals surface area contributed by atoms with E-state index in [2.05, 4.69) is 15.9 Å². The third-order valence-electron chi connectivity index (χ3n) is 5.93. The number of aromatic nitrogens is 1. The number of rotatable bonds is 5. The Hall–Kier alpha value is -2.58. The summed E-state index contributed by atoms with van der Waals surface area (Å²) in [6.07, 6.45) is 2.68. The molecule has 1 aromatic carbocycles. The number of aromatic carboxylic acids is 1. The zero-order chi connectivity index (χ0) is 21.7. The molecule has 0 radical (unpaired) electrons. The van der Waals surface area contributed by atoms with E-state index in [1.165, 1.54) is 23.5 Å². The van der Waals surface area contributed by atoms with Gasteiger partial charge in [-0.05, 0) is 65.4 Å². The number of benzene rings is 1. The molecule has 2 aliphatic heterocycles. The van der Waals surface area contributed by atoms with Crippen molar-refractivity contribution in [1.82, 2.24) is 9.88 Å². The van der Waals surface area contributed by atoms with Gasteiger partial charge < -0.3 is 10.0 Å². The van der Waals surface area contributed by atoms with Crippen molar-refractivity contribution in [1.29, 1.82) is 0 Å². The van der Waals surface area contributed by atoms with Crippen LogP contribution in [0.1, 0.15) is 56.6 Å². The van der Waals surface area contributed by atoms with Gasteiger partial charge in [0.15, 0.2) is 0 Å². The van der Waals surface area contributed by atoms with Crippen molar-refractivity contribution in [2.24, 2.45) is 0 Å². The van der Waals surface area contributed by atoms with Crippen LogP contribution in [-0.2, 0) is 12.8 Å². The van der Waals surface area contributed by atoms with Gasteiger partial charge in [-0.2, -0.15) is 0 Å². The topological polar surface area (TPSA) is 70.5 Å². The predicted molar refractivity (Wildman–Crippen MR) is 119 cm³/mol. The van der Waals surface area contributed by atoms with Gasteiger partial charge in [-0.3, -0.25) is 9.78 Å². The molecule has 1 amide bonds. The van der Waals surface area contributed by atoms with Gasteiger partial charge in [-0.15, -0.1) is 11.3 Å². The first kappa shape index (κ1) is 20.3. The number of nitrogens with zero attached hydrogens (tertiary/aromatic N) is 2. The molecule has 0 aliphatic carbocycles. The van der Waals surface area contributed by atoms with Crippen molar-refractivity contribution in [3.05, 3.63) is 74.1 Å². The summed E-state index contributed by atoms with van der Waals surface area (Å²) in [6, 6.07) is 7.95. The van der Waals surface area contributed by atoms with Gasteiger partial charge in [-0.25, -0.2) is 9.18 Å². The van der Waals surface area contributed by atoms with E-state index in [9.17, 15) is 19.1 Å². The van der Waals surface area contributed by atoms with Gasteiger partial charge in [0.05, 0.1) is 28.6 Å². The lowest BCUT2D eigenvalue weighted by Gasteiger charge is -2.15. The van der Waals surface area contributed by atoms with Crippen molar-refractivity contribution in [3.8, 4) is 10.4 Å². The number of halogens is 2. The Morgan fingerprint density at radius 1 is 1.26 bits per heavy atom. The van der Waals surface area contributed by atoms with Crippen molar-refractivity contribution < 1.29 is 19.1 Å². The van der Waals surface area contributed by atoms with Crippen LogP contribution in [0.25, 0.3) is 10.4 Å². The molecule has 1 N–H and O–H groups in total. The van der Waals surface area contributed by atoms with E-state index in [1.807, 2.05) is 16.3 Å². The van der Waals surface area contributed by atoms with Crippen LogP contribution in [0.3, 0.4) is 0 Å². The number of hydrogen-bond donors (Lipinski definition) is 1. The second kappa shape index (κ2) is 7.84. The lowest BCUT2D eigenvalue weighted by atomic mass is 9.93. The maximum absolute atomic E-state index is 13.2. The second-order valence-electron chi connectivity index (χ2n) is 7.79. The standard InChI is InChI=1S/C23H18BrFN2O3S/c24-13-10-17(31-11-13)19-18(23(29)30)15(8-5-12-3-6-14(25)7-4-12)26-21-16-2-1-9-27(16)22(28)20(19)21/h3-4,6-7,10-11,16H,1-2,5,8-9H2,(H,29,30)/t16-/m0/s1. The smallest absolute Gasteiger partial charge is 0.338 e. The van der Waals surface area contributed by atoms with Crippen molar-refractivity contribution >= 4 is 39.1 Å². The molecule has 2 aromatic heterocycles. The predicted octanol–water partition coefficient (Wildman–Crippen LogP) is 5.49. The monoisotopic (exact) mass is 500 g/mol. The van der Waals surface area contributed by atoms with Gasteiger partial charge in [-0.1, -0.05) is 12.1 Å². The molecule has 1 saturated heterocycles. The zero-order valence-corrected chi connectivity index (χ0v) is 18.8. The van der Waals surface area contributed by atoms with Crippen LogP contribution in [0.15, 0.2) is 40.2 Å². The normalized spacial score (nSPS) is 17.2. The van der Waals surface area contributed by atoms with Crippen LogP contribution < -0.4 is 0 Å². The molecule has 0 bridgehead atoms. The molecule has 31 heavy (non-hydrogen) atoms. The summed E-state index contributed by atoms with van der Waals surface area (Å²) >= 11 is 4.85. The van der Waals surface area contributed by atoms with Gasteiger partial charge in [0, 0.05) is 26.8 Å². The number of hydrogen-bond acceptors (Lipinski definition) is 4. The number of aryl methyl sites for hydroxylation is 2. The van der Waals surface area contributed by atoms with Crippen LogP contribution in [0.5, 0.6) is 0 Å². The molecule has 0 spiro atoms. The van der Waals surface area contributed by atoms with Crippen LogP contribution in [-0.4, -0.2) is 33.4 Å². The molecule has 4 heterocycles. The third-order valence-corrected chi connectivity index (χ3v) is 7.64. The van der Waals surface area contributed by atoms with Gasteiger partial charge in [0.2, 0.25) is 0 Å². The van der Waals surface area contributed by atoms with Gasteiger partial charge in [0.1, 0.15) is 5.82 Å². The number of carboxylic acid groups (broad SMARTS) is 1. The average molecular weight is 501 g/mol. The van der Waals surface area contributed by atoms with Crippen LogP contribution in [0, 0.1) is 5.82 Å². The van der Waals surface area contributed by atoms with Gasteiger partial charge >= 0.3 is 5.97 Å². The summed E-state index contributed by atoms with van der Waals surface area (Å²) in [5.41, 5.74) is 3.06. The number of pyridine rings is 1. The summed E-state index contributed by atoms with van der Waals surface area (Å²) in [6.45, 7) is 0.667. The molecular weight excluding hydrogens is 483 g/mol. The van der Waals surface area contributed by atoms with Crippen LogP contribution in [0.2, 0.25) is 0 Å². The maximum Gasteiger partial charge on any atom is 0.338 e. The van der Waals surface area contributed by atoms with Crippen LogP contribution in [0.4, 0.5) is 4.39 Å². The first-order chi connectivity index (χ1) is 14.9. The molecular formula is C23H18BrFN2O3S. The number of carboxylic acids is 1. The van der Waals surface area contributed by atoms with E-state index < -0.39 is 5.97 Å².